The van der Waals surface area contributed by atoms with Crippen molar-refractivity contribution in [3.05, 3.63) is 64.2 Å². The first-order valence-corrected chi connectivity index (χ1v) is 9.58. The molecule has 1 fully saturated rings. The van der Waals surface area contributed by atoms with Gasteiger partial charge in [0.15, 0.2) is 5.13 Å². The van der Waals surface area contributed by atoms with Crippen molar-refractivity contribution in [3.8, 4) is 0 Å². The Balaban J connectivity index is 1.39. The van der Waals surface area contributed by atoms with Gasteiger partial charge in [0.2, 0.25) is 0 Å². The summed E-state index contributed by atoms with van der Waals surface area (Å²) in [5.74, 6) is -0.388. The minimum absolute atomic E-state index is 0.00272. The fourth-order valence-electron chi connectivity index (χ4n) is 3.30. The van der Waals surface area contributed by atoms with Crippen molar-refractivity contribution in [1.29, 1.82) is 0 Å². The molecule has 0 atom stereocenters. The predicted molar refractivity (Wildman–Crippen MR) is 105 cm³/mol. The molecule has 8 heteroatoms. The average molecular weight is 382 g/mol. The second-order valence-electron chi connectivity index (χ2n) is 6.47. The van der Waals surface area contributed by atoms with Gasteiger partial charge in [-0.15, -0.1) is 0 Å². The highest BCUT2D eigenvalue weighted by Gasteiger charge is 2.25. The number of hydrogen-bond donors (Lipinski definition) is 1. The number of carbonyl (C=O) groups excluding carboxylic acids is 1. The van der Waals surface area contributed by atoms with Crippen molar-refractivity contribution in [2.24, 2.45) is 0 Å². The molecule has 0 saturated carbocycles. The predicted octanol–water partition coefficient (Wildman–Crippen LogP) is 3.60. The third-order valence-corrected chi connectivity index (χ3v) is 5.83. The molecular weight excluding hydrogens is 364 g/mol. The Hall–Kier alpha value is -3.00. The van der Waals surface area contributed by atoms with Gasteiger partial charge >= 0.3 is 0 Å². The van der Waals surface area contributed by atoms with Gasteiger partial charge in [0, 0.05) is 25.2 Å². The Labute approximate surface area is 159 Å². The van der Waals surface area contributed by atoms with E-state index in [-0.39, 0.29) is 23.2 Å². The SMILES string of the molecule is O=C(NC1CCN(c2nc3ccccc3s2)CC1)c1ccccc1[N+](=O)[O-]. The van der Waals surface area contributed by atoms with Crippen molar-refractivity contribution in [3.63, 3.8) is 0 Å². The smallest absolute Gasteiger partial charge is 0.282 e. The molecule has 7 nitrogen and oxygen atoms in total. The van der Waals surface area contributed by atoms with Crippen LogP contribution in [0.15, 0.2) is 48.5 Å². The molecule has 1 aliphatic rings. The lowest BCUT2D eigenvalue weighted by Crippen LogP contribution is -2.44. The lowest BCUT2D eigenvalue weighted by atomic mass is 10.0. The molecule has 0 radical (unpaired) electrons. The van der Waals surface area contributed by atoms with Crippen LogP contribution in [0, 0.1) is 10.1 Å². The third kappa shape index (κ3) is 3.61. The normalized spacial score (nSPS) is 15.0. The largest absolute Gasteiger partial charge is 0.349 e. The zero-order valence-electron chi connectivity index (χ0n) is 14.5. The Morgan fingerprint density at radius 3 is 2.59 bits per heavy atom. The van der Waals surface area contributed by atoms with Gasteiger partial charge in [0.05, 0.1) is 15.1 Å². The van der Waals surface area contributed by atoms with E-state index in [0.29, 0.717) is 0 Å². The minimum atomic E-state index is -0.523. The molecule has 1 aliphatic heterocycles. The number of thiazole rings is 1. The molecule has 0 aliphatic carbocycles. The van der Waals surface area contributed by atoms with Crippen LogP contribution in [0.4, 0.5) is 10.8 Å². The van der Waals surface area contributed by atoms with E-state index >= 15 is 0 Å². The van der Waals surface area contributed by atoms with Crippen LogP contribution < -0.4 is 10.2 Å². The Morgan fingerprint density at radius 2 is 1.85 bits per heavy atom. The number of nitro groups is 1. The maximum absolute atomic E-state index is 12.5. The maximum atomic E-state index is 12.5. The number of nitrogens with one attached hydrogen (secondary N) is 1. The summed E-state index contributed by atoms with van der Waals surface area (Å²) < 4.78 is 1.17. The van der Waals surface area contributed by atoms with Gasteiger partial charge in [-0.1, -0.05) is 35.6 Å². The van der Waals surface area contributed by atoms with Crippen LogP contribution in [0.5, 0.6) is 0 Å². The summed E-state index contributed by atoms with van der Waals surface area (Å²) in [6.07, 6.45) is 1.56. The van der Waals surface area contributed by atoms with Crippen LogP contribution >= 0.6 is 11.3 Å². The number of anilines is 1. The summed E-state index contributed by atoms with van der Waals surface area (Å²) in [6.45, 7) is 1.59. The Bertz CT molecular complexity index is 962. The van der Waals surface area contributed by atoms with E-state index in [1.54, 1.807) is 23.5 Å². The summed E-state index contributed by atoms with van der Waals surface area (Å²) >= 11 is 1.67. The van der Waals surface area contributed by atoms with E-state index in [4.69, 9.17) is 0 Å². The molecule has 2 aromatic carbocycles. The molecule has 138 valence electrons. The topological polar surface area (TPSA) is 88.4 Å². The zero-order chi connectivity index (χ0) is 18.8. The van der Waals surface area contributed by atoms with Crippen molar-refractivity contribution >= 4 is 38.3 Å². The number of benzene rings is 2. The monoisotopic (exact) mass is 382 g/mol. The number of piperidine rings is 1. The third-order valence-electron chi connectivity index (χ3n) is 4.73. The lowest BCUT2D eigenvalue weighted by Gasteiger charge is -2.32. The minimum Gasteiger partial charge on any atom is -0.349 e. The van der Waals surface area contributed by atoms with Crippen LogP contribution in [0.2, 0.25) is 0 Å². The van der Waals surface area contributed by atoms with Gasteiger partial charge in [-0.05, 0) is 31.0 Å². The fourth-order valence-corrected chi connectivity index (χ4v) is 4.32. The van der Waals surface area contributed by atoms with Gasteiger partial charge in [0.1, 0.15) is 5.56 Å². The van der Waals surface area contributed by atoms with Gasteiger partial charge < -0.3 is 10.2 Å². The van der Waals surface area contributed by atoms with Gasteiger partial charge in [-0.25, -0.2) is 4.98 Å². The maximum Gasteiger partial charge on any atom is 0.282 e. The molecule has 0 spiro atoms. The number of rotatable bonds is 4. The molecule has 1 aromatic heterocycles. The van der Waals surface area contributed by atoms with Gasteiger partial charge in [0.25, 0.3) is 11.6 Å². The second-order valence-corrected chi connectivity index (χ2v) is 7.48. The van der Waals surface area contributed by atoms with Gasteiger partial charge in [-0.2, -0.15) is 0 Å². The summed E-state index contributed by atoms with van der Waals surface area (Å²) in [4.78, 5) is 30.0. The van der Waals surface area contributed by atoms with Crippen molar-refractivity contribution in [1.82, 2.24) is 10.3 Å². The first-order chi connectivity index (χ1) is 13.1. The Kier molecular flexibility index (Phi) is 4.72. The number of carbonyl (C=O) groups is 1. The van der Waals surface area contributed by atoms with Crippen LogP contribution in [-0.4, -0.2) is 34.9 Å². The van der Waals surface area contributed by atoms with Crippen molar-refractivity contribution in [2.45, 2.75) is 18.9 Å². The van der Waals surface area contributed by atoms with Crippen LogP contribution in [0.3, 0.4) is 0 Å². The molecule has 0 bridgehead atoms. The first-order valence-electron chi connectivity index (χ1n) is 8.76. The number of nitrogens with zero attached hydrogens (tertiary/aromatic N) is 3. The molecule has 4 rings (SSSR count). The summed E-state index contributed by atoms with van der Waals surface area (Å²) in [6, 6.07) is 14.1. The zero-order valence-corrected chi connectivity index (χ0v) is 15.3. The molecule has 1 saturated heterocycles. The highest BCUT2D eigenvalue weighted by atomic mass is 32.1. The number of aromatic nitrogens is 1. The molecule has 2 heterocycles. The van der Waals surface area contributed by atoms with Crippen LogP contribution in [0.1, 0.15) is 23.2 Å². The summed E-state index contributed by atoms with van der Waals surface area (Å²) in [5, 5.41) is 15.0. The van der Waals surface area contributed by atoms with Crippen molar-refractivity contribution in [2.75, 3.05) is 18.0 Å². The standard InChI is InChI=1S/C19H18N4O3S/c24-18(14-5-1-3-7-16(14)23(25)26)20-13-9-11-22(12-10-13)19-21-15-6-2-4-8-17(15)27-19/h1-8,13H,9-12H2,(H,20,24). The van der Waals surface area contributed by atoms with E-state index in [1.165, 1.54) is 16.8 Å². The molecule has 1 N–H and O–H groups in total. The van der Waals surface area contributed by atoms with Gasteiger partial charge in [-0.3, -0.25) is 14.9 Å². The number of amides is 1. The fraction of sp³-hybridized carbons (Fsp3) is 0.263. The van der Waals surface area contributed by atoms with E-state index in [1.807, 2.05) is 18.2 Å². The van der Waals surface area contributed by atoms with E-state index in [9.17, 15) is 14.9 Å². The number of nitro benzene ring substituents is 1. The quantitative estimate of drug-likeness (QED) is 0.550. The number of para-hydroxylation sites is 2. The van der Waals surface area contributed by atoms with Crippen LogP contribution in [-0.2, 0) is 0 Å². The molecule has 1 amide bonds. The average Bonchev–Trinajstić information content (AvgIpc) is 3.12. The number of fused-ring (bicyclic) bond motifs is 1. The highest BCUT2D eigenvalue weighted by molar-refractivity contribution is 7.22. The summed E-state index contributed by atoms with van der Waals surface area (Å²) in [5.41, 5.74) is 0.947. The Morgan fingerprint density at radius 1 is 1.15 bits per heavy atom. The van der Waals surface area contributed by atoms with E-state index < -0.39 is 4.92 Å². The number of hydrogen-bond acceptors (Lipinski definition) is 6. The van der Waals surface area contributed by atoms with Crippen molar-refractivity contribution < 1.29 is 9.72 Å². The van der Waals surface area contributed by atoms with Crippen LogP contribution in [0.25, 0.3) is 10.2 Å². The second kappa shape index (κ2) is 7.32. The first kappa shape index (κ1) is 17.4. The summed E-state index contributed by atoms with van der Waals surface area (Å²) in [7, 11) is 0. The highest BCUT2D eigenvalue weighted by Crippen LogP contribution is 2.30. The molecular formula is C19H18N4O3S. The van der Waals surface area contributed by atoms with E-state index in [2.05, 4.69) is 21.3 Å². The lowest BCUT2D eigenvalue weighted by molar-refractivity contribution is -0.385. The molecule has 3 aromatic rings. The molecule has 27 heavy (non-hydrogen) atoms. The van der Waals surface area contributed by atoms with E-state index in [0.717, 1.165) is 36.6 Å². The molecule has 0 unspecified atom stereocenters.